The van der Waals surface area contributed by atoms with E-state index < -0.39 is 0 Å². The van der Waals surface area contributed by atoms with Gasteiger partial charge in [-0.25, -0.2) is 9.97 Å². The van der Waals surface area contributed by atoms with E-state index in [9.17, 15) is 4.79 Å². The van der Waals surface area contributed by atoms with Crippen LogP contribution in [-0.4, -0.2) is 43.7 Å². The van der Waals surface area contributed by atoms with Gasteiger partial charge in [-0.1, -0.05) is 30.0 Å². The van der Waals surface area contributed by atoms with Crippen molar-refractivity contribution in [2.75, 3.05) is 32.7 Å². The van der Waals surface area contributed by atoms with Crippen molar-refractivity contribution in [2.24, 2.45) is 0 Å². The summed E-state index contributed by atoms with van der Waals surface area (Å²) in [7, 11) is 5.33. The van der Waals surface area contributed by atoms with Crippen LogP contribution in [0.5, 0.6) is 11.5 Å². The average Bonchev–Trinajstić information content (AvgIpc) is 3.49. The number of carbonyl (C=O) groups excluding carboxylic acids is 1. The van der Waals surface area contributed by atoms with Crippen molar-refractivity contribution in [1.82, 2.24) is 15.3 Å². The number of carbonyl (C=O) groups is 1. The van der Waals surface area contributed by atoms with Gasteiger partial charge in [0.25, 0.3) is 5.91 Å². The molecule has 0 atom stereocenters. The maximum Gasteiger partial charge on any atom is 0.251 e. The minimum atomic E-state index is -0.140. The Kier molecular flexibility index (Phi) is 9.49. The van der Waals surface area contributed by atoms with E-state index in [4.69, 9.17) is 23.9 Å². The van der Waals surface area contributed by atoms with E-state index in [-0.39, 0.29) is 5.91 Å². The molecule has 2 aromatic heterocycles. The molecule has 204 valence electrons. The molecule has 0 saturated heterocycles. The topological polar surface area (TPSA) is 89.7 Å². The van der Waals surface area contributed by atoms with Crippen molar-refractivity contribution in [1.29, 1.82) is 0 Å². The Morgan fingerprint density at radius 1 is 1.00 bits per heavy atom. The highest BCUT2D eigenvalue weighted by molar-refractivity contribution is 7.98. The van der Waals surface area contributed by atoms with Gasteiger partial charge in [0.1, 0.15) is 11.6 Å². The molecule has 1 N–H and O–H groups in total. The predicted octanol–water partition coefficient (Wildman–Crippen LogP) is 5.60. The number of anilines is 1. The number of nitrogens with one attached hydrogen (secondary N) is 1. The molecule has 0 unspecified atom stereocenters. The average molecular weight is 547 g/mol. The van der Waals surface area contributed by atoms with Gasteiger partial charge < -0.3 is 24.1 Å². The molecule has 9 heteroatoms. The van der Waals surface area contributed by atoms with E-state index in [0.717, 1.165) is 52.7 Å². The van der Waals surface area contributed by atoms with Crippen molar-refractivity contribution in [3.63, 3.8) is 0 Å². The Labute approximate surface area is 233 Å². The minimum absolute atomic E-state index is 0.140. The first-order chi connectivity index (χ1) is 18.9. The number of hydrogen-bond donors (Lipinski definition) is 1. The lowest BCUT2D eigenvalue weighted by molar-refractivity contribution is 0.0948. The second-order valence-electron chi connectivity index (χ2n) is 9.15. The second kappa shape index (κ2) is 13.2. The summed E-state index contributed by atoms with van der Waals surface area (Å²) in [5.41, 5.74) is 4.80. The van der Waals surface area contributed by atoms with Crippen LogP contribution in [0.15, 0.2) is 70.4 Å². The van der Waals surface area contributed by atoms with Crippen LogP contribution in [0, 0.1) is 13.8 Å². The monoisotopic (exact) mass is 546 g/mol. The van der Waals surface area contributed by atoms with Crippen LogP contribution in [0.1, 0.15) is 38.5 Å². The molecular formula is C30H34N4O4S. The molecule has 39 heavy (non-hydrogen) atoms. The van der Waals surface area contributed by atoms with Crippen molar-refractivity contribution in [3.05, 3.63) is 94.6 Å². The molecule has 2 aromatic carbocycles. The van der Waals surface area contributed by atoms with Gasteiger partial charge in [-0.15, -0.1) is 0 Å². The Morgan fingerprint density at radius 2 is 1.82 bits per heavy atom. The standard InChI is InChI=1S/C30H34N4O4S/c1-20-21(2)32-30(33-28(20)34(3)14-13-22-11-12-26(36-4)27(17-22)37-5)39-19-23-8-6-9-24(16-23)29(35)31-18-25-10-7-15-38-25/h6-12,15-17H,13-14,18-19H2,1-5H3,(H,31,35). The summed E-state index contributed by atoms with van der Waals surface area (Å²) in [4.78, 5) is 24.4. The van der Waals surface area contributed by atoms with Crippen LogP contribution in [-0.2, 0) is 18.7 Å². The maximum atomic E-state index is 12.6. The first-order valence-corrected chi connectivity index (χ1v) is 13.7. The molecule has 8 nitrogen and oxygen atoms in total. The minimum Gasteiger partial charge on any atom is -0.493 e. The molecule has 0 saturated carbocycles. The van der Waals surface area contributed by atoms with E-state index in [1.54, 1.807) is 38.3 Å². The number of thioether (sulfide) groups is 1. The Bertz CT molecular complexity index is 1410. The highest BCUT2D eigenvalue weighted by Crippen LogP contribution is 2.29. The van der Waals surface area contributed by atoms with E-state index in [1.807, 2.05) is 49.4 Å². The molecule has 0 aliphatic heterocycles. The zero-order valence-electron chi connectivity index (χ0n) is 23.0. The quantitative estimate of drug-likeness (QED) is 0.181. The van der Waals surface area contributed by atoms with Crippen molar-refractivity contribution >= 4 is 23.5 Å². The third-order valence-electron chi connectivity index (χ3n) is 6.45. The van der Waals surface area contributed by atoms with Crippen LogP contribution < -0.4 is 19.7 Å². The number of aromatic nitrogens is 2. The molecule has 0 bridgehead atoms. The van der Waals surface area contributed by atoms with E-state index in [1.165, 1.54) is 0 Å². The first-order valence-electron chi connectivity index (χ1n) is 12.7. The van der Waals surface area contributed by atoms with E-state index in [2.05, 4.69) is 30.3 Å². The van der Waals surface area contributed by atoms with Gasteiger partial charge in [0.2, 0.25) is 0 Å². The molecule has 0 aliphatic carbocycles. The zero-order valence-corrected chi connectivity index (χ0v) is 23.8. The fourth-order valence-electron chi connectivity index (χ4n) is 4.10. The fourth-order valence-corrected chi connectivity index (χ4v) is 4.92. The van der Waals surface area contributed by atoms with Crippen LogP contribution in [0.3, 0.4) is 0 Å². The van der Waals surface area contributed by atoms with Gasteiger partial charge in [-0.2, -0.15) is 0 Å². The summed E-state index contributed by atoms with van der Waals surface area (Å²) in [6, 6.07) is 17.2. The number of methoxy groups -OCH3 is 2. The lowest BCUT2D eigenvalue weighted by Gasteiger charge is -2.22. The van der Waals surface area contributed by atoms with Crippen LogP contribution in [0.25, 0.3) is 0 Å². The lowest BCUT2D eigenvalue weighted by Crippen LogP contribution is -2.23. The van der Waals surface area contributed by atoms with E-state index in [0.29, 0.717) is 28.8 Å². The summed E-state index contributed by atoms with van der Waals surface area (Å²) < 4.78 is 16.1. The van der Waals surface area contributed by atoms with Gasteiger partial charge in [-0.3, -0.25) is 4.79 Å². The molecular weight excluding hydrogens is 512 g/mol. The van der Waals surface area contributed by atoms with E-state index >= 15 is 0 Å². The number of amides is 1. The maximum absolute atomic E-state index is 12.6. The smallest absolute Gasteiger partial charge is 0.251 e. The second-order valence-corrected chi connectivity index (χ2v) is 10.1. The summed E-state index contributed by atoms with van der Waals surface area (Å²) in [6.45, 7) is 5.20. The van der Waals surface area contributed by atoms with Crippen molar-refractivity contribution < 1.29 is 18.7 Å². The van der Waals surface area contributed by atoms with Gasteiger partial charge >= 0.3 is 0 Å². The zero-order chi connectivity index (χ0) is 27.8. The third-order valence-corrected chi connectivity index (χ3v) is 7.37. The number of benzene rings is 2. The summed E-state index contributed by atoms with van der Waals surface area (Å²) in [6.07, 6.45) is 2.42. The summed E-state index contributed by atoms with van der Waals surface area (Å²) >= 11 is 1.56. The van der Waals surface area contributed by atoms with Crippen LogP contribution in [0.4, 0.5) is 5.82 Å². The molecule has 1 amide bonds. The predicted molar refractivity (Wildman–Crippen MR) is 154 cm³/mol. The van der Waals surface area contributed by atoms with Gasteiger partial charge in [0.15, 0.2) is 16.7 Å². The molecule has 0 spiro atoms. The van der Waals surface area contributed by atoms with Crippen molar-refractivity contribution in [3.8, 4) is 11.5 Å². The number of nitrogens with zero attached hydrogens (tertiary/aromatic N) is 3. The molecule has 4 rings (SSSR count). The Balaban J connectivity index is 1.39. The van der Waals surface area contributed by atoms with Gasteiger partial charge in [0.05, 0.1) is 27.0 Å². The number of rotatable bonds is 12. The largest absolute Gasteiger partial charge is 0.493 e. The first kappa shape index (κ1) is 28.0. The number of likely N-dealkylation sites (N-methyl/N-ethyl adjacent to an activating group) is 1. The highest BCUT2D eigenvalue weighted by Gasteiger charge is 2.14. The third kappa shape index (κ3) is 7.32. The summed E-state index contributed by atoms with van der Waals surface area (Å²) in [5.74, 6) is 3.58. The Hall–Kier alpha value is -3.98. The molecule has 0 aliphatic rings. The molecule has 4 aromatic rings. The van der Waals surface area contributed by atoms with Gasteiger partial charge in [-0.05, 0) is 67.8 Å². The molecule has 0 fully saturated rings. The summed E-state index contributed by atoms with van der Waals surface area (Å²) in [5, 5.41) is 3.60. The van der Waals surface area contributed by atoms with Gasteiger partial charge in [0, 0.05) is 36.2 Å². The normalized spacial score (nSPS) is 10.8. The van der Waals surface area contributed by atoms with Crippen molar-refractivity contribution in [2.45, 2.75) is 37.7 Å². The molecule has 0 radical (unpaired) electrons. The number of furan rings is 1. The fraction of sp³-hybridized carbons (Fsp3) is 0.300. The SMILES string of the molecule is COc1ccc(CCN(C)c2nc(SCc3cccc(C(=O)NCc4ccco4)c3)nc(C)c2C)cc1OC. The number of hydrogen-bond acceptors (Lipinski definition) is 8. The lowest BCUT2D eigenvalue weighted by atomic mass is 10.1. The number of ether oxygens (including phenoxy) is 2. The van der Waals surface area contributed by atoms with Crippen LogP contribution in [0.2, 0.25) is 0 Å². The molecule has 2 heterocycles. The Morgan fingerprint density at radius 3 is 2.56 bits per heavy atom. The highest BCUT2D eigenvalue weighted by atomic mass is 32.2. The van der Waals surface area contributed by atoms with Crippen LogP contribution >= 0.6 is 11.8 Å². The number of aryl methyl sites for hydroxylation is 1.